The van der Waals surface area contributed by atoms with Gasteiger partial charge < -0.3 is 46.8 Å². The van der Waals surface area contributed by atoms with Gasteiger partial charge in [-0.15, -0.1) is 0 Å². The second kappa shape index (κ2) is 14.1. The van der Waals surface area contributed by atoms with Crippen LogP contribution in [0, 0.1) is 0 Å². The van der Waals surface area contributed by atoms with Crippen LogP contribution in [-0.4, -0.2) is 84.1 Å². The number of aliphatic hydroxyl groups is 1. The van der Waals surface area contributed by atoms with Crippen molar-refractivity contribution in [3.8, 4) is 0 Å². The number of para-hydroxylation sites is 2. The van der Waals surface area contributed by atoms with Gasteiger partial charge in [-0.05, 0) is 30.2 Å². The van der Waals surface area contributed by atoms with Gasteiger partial charge in [0.15, 0.2) is 0 Å². The standard InChI is InChI=1S/C32H36N8O6/c1-17(41)28(33)31(44)39-26(12-20-15-34-16-37-20)30(43)38-25(10-18-13-35-23-8-4-2-6-21(18)23)29(42)40-27(32(45)46)11-19-14-36-24-9-5-3-7-22(19)24/h2-9,13-17,25-28,35-36,41H,10-12,33H2,1H3,(H,34,37)(H,38,43)(H,39,44)(H,40,42)(H,45,46). The topological polar surface area (TPSA) is 231 Å². The summed E-state index contributed by atoms with van der Waals surface area (Å²) in [6.45, 7) is 1.35. The van der Waals surface area contributed by atoms with E-state index in [4.69, 9.17) is 5.73 Å². The largest absolute Gasteiger partial charge is 0.480 e. The number of aliphatic carboxylic acids is 1. The molecule has 3 amide bonds. The highest BCUT2D eigenvalue weighted by Gasteiger charge is 2.32. The minimum absolute atomic E-state index is 0.00538. The zero-order valence-corrected chi connectivity index (χ0v) is 25.0. The number of hydrogen-bond acceptors (Lipinski definition) is 7. The summed E-state index contributed by atoms with van der Waals surface area (Å²) in [5.41, 5.74) is 9.40. The van der Waals surface area contributed by atoms with Gasteiger partial charge in [0.25, 0.3) is 0 Å². The molecule has 3 aromatic heterocycles. The second-order valence-electron chi connectivity index (χ2n) is 11.2. The number of H-pyrrole nitrogens is 3. The van der Waals surface area contributed by atoms with Gasteiger partial charge >= 0.3 is 5.97 Å². The van der Waals surface area contributed by atoms with Gasteiger partial charge in [-0.3, -0.25) is 14.4 Å². The molecule has 240 valence electrons. The number of aromatic amines is 3. The summed E-state index contributed by atoms with van der Waals surface area (Å²) in [6, 6.07) is 9.82. The van der Waals surface area contributed by atoms with Gasteiger partial charge in [0, 0.05) is 65.4 Å². The molecule has 5 rings (SSSR count). The Morgan fingerprint density at radius 3 is 1.78 bits per heavy atom. The molecule has 3 heterocycles. The number of aromatic nitrogens is 4. The van der Waals surface area contributed by atoms with Crippen LogP contribution < -0.4 is 21.7 Å². The number of carboxylic acids is 1. The zero-order chi connectivity index (χ0) is 32.8. The SMILES string of the molecule is CC(O)C(N)C(=O)NC(Cc1cnc[nH]1)C(=O)NC(Cc1c[nH]c2ccccc12)C(=O)NC(Cc1c[nH]c2ccccc12)C(=O)O. The van der Waals surface area contributed by atoms with E-state index in [1.54, 1.807) is 12.4 Å². The third-order valence-electron chi connectivity index (χ3n) is 7.88. The zero-order valence-electron chi connectivity index (χ0n) is 25.0. The molecule has 0 fully saturated rings. The van der Waals surface area contributed by atoms with Crippen LogP contribution in [0.4, 0.5) is 0 Å². The number of aliphatic hydroxyl groups excluding tert-OH is 1. The molecule has 14 heteroatoms. The summed E-state index contributed by atoms with van der Waals surface area (Å²) in [5.74, 6) is -3.45. The molecule has 2 aromatic carbocycles. The van der Waals surface area contributed by atoms with Gasteiger partial charge in [-0.25, -0.2) is 9.78 Å². The van der Waals surface area contributed by atoms with Gasteiger partial charge in [-0.2, -0.15) is 0 Å². The maximum Gasteiger partial charge on any atom is 0.326 e. The summed E-state index contributed by atoms with van der Waals surface area (Å²) in [6.07, 6.45) is 5.14. The van der Waals surface area contributed by atoms with Crippen LogP contribution in [0.3, 0.4) is 0 Å². The lowest BCUT2D eigenvalue weighted by molar-refractivity contribution is -0.142. The van der Waals surface area contributed by atoms with Crippen molar-refractivity contribution in [1.82, 2.24) is 35.9 Å². The molecule has 0 aliphatic rings. The molecule has 5 unspecified atom stereocenters. The highest BCUT2D eigenvalue weighted by molar-refractivity contribution is 5.95. The van der Waals surface area contributed by atoms with Crippen molar-refractivity contribution in [2.24, 2.45) is 5.73 Å². The van der Waals surface area contributed by atoms with E-state index < -0.39 is 54.0 Å². The van der Waals surface area contributed by atoms with Gasteiger partial charge in [0.05, 0.1) is 12.4 Å². The number of carboxylic acid groups (broad SMARTS) is 1. The molecule has 0 aliphatic heterocycles. The number of imidazole rings is 1. The van der Waals surface area contributed by atoms with Crippen molar-refractivity contribution in [2.75, 3.05) is 0 Å². The fraction of sp³-hybridized carbons (Fsp3) is 0.281. The Hall–Kier alpha value is -5.47. The lowest BCUT2D eigenvalue weighted by Crippen LogP contribution is -2.59. The first-order valence-electron chi connectivity index (χ1n) is 14.8. The van der Waals surface area contributed by atoms with E-state index in [0.29, 0.717) is 16.8 Å². The molecule has 0 aliphatic carbocycles. The van der Waals surface area contributed by atoms with E-state index >= 15 is 0 Å². The van der Waals surface area contributed by atoms with E-state index in [1.807, 2.05) is 48.5 Å². The molecule has 0 radical (unpaired) electrons. The Balaban J connectivity index is 1.41. The Morgan fingerprint density at radius 1 is 0.761 bits per heavy atom. The van der Waals surface area contributed by atoms with Gasteiger partial charge in [-0.1, -0.05) is 36.4 Å². The van der Waals surface area contributed by atoms with Crippen LogP contribution in [-0.2, 0) is 38.4 Å². The highest BCUT2D eigenvalue weighted by atomic mass is 16.4. The minimum Gasteiger partial charge on any atom is -0.480 e. The number of nitrogens with two attached hydrogens (primary N) is 1. The first kappa shape index (κ1) is 31.9. The summed E-state index contributed by atoms with van der Waals surface area (Å²) >= 11 is 0. The maximum atomic E-state index is 13.8. The fourth-order valence-corrected chi connectivity index (χ4v) is 5.31. The maximum absolute atomic E-state index is 13.8. The quantitative estimate of drug-likeness (QED) is 0.0845. The Morgan fingerprint density at radius 2 is 1.26 bits per heavy atom. The van der Waals surface area contributed by atoms with Crippen molar-refractivity contribution in [1.29, 1.82) is 0 Å². The smallest absolute Gasteiger partial charge is 0.326 e. The number of carbonyl (C=O) groups excluding carboxylic acids is 3. The molecule has 5 aromatic rings. The monoisotopic (exact) mass is 628 g/mol. The van der Waals surface area contributed by atoms with E-state index in [-0.39, 0.29) is 19.3 Å². The summed E-state index contributed by atoms with van der Waals surface area (Å²) in [7, 11) is 0. The molecule has 0 saturated heterocycles. The van der Waals surface area contributed by atoms with Gasteiger partial charge in [0.1, 0.15) is 24.2 Å². The second-order valence-corrected chi connectivity index (χ2v) is 11.2. The van der Waals surface area contributed by atoms with Crippen LogP contribution in [0.25, 0.3) is 21.8 Å². The third kappa shape index (κ3) is 7.42. The summed E-state index contributed by atoms with van der Waals surface area (Å²) in [5, 5.41) is 29.4. The number of fused-ring (bicyclic) bond motifs is 2. The number of nitrogens with one attached hydrogen (secondary N) is 6. The van der Waals surface area contributed by atoms with E-state index in [2.05, 4.69) is 35.9 Å². The number of amides is 3. The molecule has 0 saturated carbocycles. The Kier molecular flexibility index (Phi) is 9.79. The summed E-state index contributed by atoms with van der Waals surface area (Å²) < 4.78 is 0. The van der Waals surface area contributed by atoms with Crippen molar-refractivity contribution in [3.05, 3.63) is 90.3 Å². The van der Waals surface area contributed by atoms with Gasteiger partial charge in [0.2, 0.25) is 17.7 Å². The molecule has 46 heavy (non-hydrogen) atoms. The third-order valence-corrected chi connectivity index (χ3v) is 7.88. The number of hydrogen-bond donors (Lipinski definition) is 9. The van der Waals surface area contributed by atoms with Crippen molar-refractivity contribution in [3.63, 3.8) is 0 Å². The summed E-state index contributed by atoms with van der Waals surface area (Å²) in [4.78, 5) is 65.8. The molecule has 10 N–H and O–H groups in total. The van der Waals surface area contributed by atoms with E-state index in [0.717, 1.165) is 21.8 Å². The first-order valence-corrected chi connectivity index (χ1v) is 14.8. The van der Waals surface area contributed by atoms with Crippen LogP contribution in [0.15, 0.2) is 73.4 Å². The van der Waals surface area contributed by atoms with Crippen LogP contribution in [0.5, 0.6) is 0 Å². The van der Waals surface area contributed by atoms with Crippen LogP contribution >= 0.6 is 0 Å². The molecule has 14 nitrogen and oxygen atoms in total. The van der Waals surface area contributed by atoms with E-state index in [1.165, 1.54) is 19.4 Å². The number of benzene rings is 2. The Labute approximate surface area is 263 Å². The molecule has 0 spiro atoms. The number of carbonyl (C=O) groups is 4. The average Bonchev–Trinajstić information content (AvgIpc) is 3.80. The molecule has 5 atom stereocenters. The predicted molar refractivity (Wildman–Crippen MR) is 169 cm³/mol. The normalized spacial score (nSPS) is 14.7. The van der Waals surface area contributed by atoms with Crippen LogP contribution in [0.2, 0.25) is 0 Å². The molecular weight excluding hydrogens is 592 g/mol. The lowest BCUT2D eigenvalue weighted by Gasteiger charge is -2.25. The van der Waals surface area contributed by atoms with E-state index in [9.17, 15) is 29.4 Å². The van der Waals surface area contributed by atoms with Crippen LogP contribution in [0.1, 0.15) is 23.7 Å². The number of nitrogens with zero attached hydrogens (tertiary/aromatic N) is 1. The molecule has 0 bridgehead atoms. The predicted octanol–water partition coefficient (Wildman–Crippen LogP) is 0.647. The highest BCUT2D eigenvalue weighted by Crippen LogP contribution is 2.21. The average molecular weight is 629 g/mol. The fourth-order valence-electron chi connectivity index (χ4n) is 5.31. The lowest BCUT2D eigenvalue weighted by atomic mass is 10.0. The number of rotatable bonds is 14. The molecular formula is C32H36N8O6. The first-order chi connectivity index (χ1) is 22.1. The van der Waals surface area contributed by atoms with Crippen molar-refractivity contribution < 1.29 is 29.4 Å². The Bertz CT molecular complexity index is 1830. The van der Waals surface area contributed by atoms with Crippen molar-refractivity contribution >= 4 is 45.5 Å². The van der Waals surface area contributed by atoms with Crippen molar-refractivity contribution in [2.45, 2.75) is 56.5 Å². The minimum atomic E-state index is -1.31.